The molecule has 1 saturated carbocycles. The standard InChI is InChI=1S/C20H23N5/c1-2-14-6-5-7-15(12-14)23-20(21)22-13-19-24-17-8-3-4-9-18(17)25(19)16-10-11-16/h3-9,12,16H,2,10-11,13H2,1H3,(H3,21,22,23). The molecular formula is C20H23N5. The van der Waals surface area contributed by atoms with Crippen molar-refractivity contribution < 1.29 is 0 Å². The fourth-order valence-corrected chi connectivity index (χ4v) is 3.16. The molecule has 5 nitrogen and oxygen atoms in total. The van der Waals surface area contributed by atoms with Crippen LogP contribution in [0.3, 0.4) is 0 Å². The zero-order valence-electron chi connectivity index (χ0n) is 14.4. The van der Waals surface area contributed by atoms with Gasteiger partial charge in [-0.05, 0) is 49.1 Å². The Labute approximate surface area is 147 Å². The van der Waals surface area contributed by atoms with Crippen molar-refractivity contribution in [3.63, 3.8) is 0 Å². The van der Waals surface area contributed by atoms with Crippen LogP contribution in [-0.2, 0) is 13.0 Å². The molecule has 0 unspecified atom stereocenters. The quantitative estimate of drug-likeness (QED) is 0.550. The number of anilines is 1. The Bertz CT molecular complexity index is 921. The van der Waals surface area contributed by atoms with Crippen molar-refractivity contribution in [2.75, 3.05) is 5.32 Å². The molecule has 0 saturated heterocycles. The first-order chi connectivity index (χ1) is 12.2. The van der Waals surface area contributed by atoms with E-state index in [2.05, 4.69) is 52.1 Å². The zero-order chi connectivity index (χ0) is 17.2. The minimum atomic E-state index is 0.419. The molecule has 0 aliphatic heterocycles. The van der Waals surface area contributed by atoms with Crippen LogP contribution in [0.2, 0.25) is 0 Å². The van der Waals surface area contributed by atoms with Crippen LogP contribution in [-0.4, -0.2) is 15.5 Å². The predicted octanol–water partition coefficient (Wildman–Crippen LogP) is 3.86. The van der Waals surface area contributed by atoms with E-state index in [-0.39, 0.29) is 0 Å². The lowest BCUT2D eigenvalue weighted by Crippen LogP contribution is -2.23. The number of para-hydroxylation sites is 2. The normalized spacial score (nSPS) is 14.8. The molecule has 2 aromatic carbocycles. The van der Waals surface area contributed by atoms with Crippen molar-refractivity contribution in [1.82, 2.24) is 9.55 Å². The smallest absolute Gasteiger partial charge is 0.193 e. The minimum absolute atomic E-state index is 0.419. The second kappa shape index (κ2) is 6.59. The van der Waals surface area contributed by atoms with E-state index < -0.39 is 0 Å². The molecule has 1 heterocycles. The third kappa shape index (κ3) is 3.36. The number of imidazole rings is 1. The number of fused-ring (bicyclic) bond motifs is 1. The Morgan fingerprint density at radius 1 is 1.24 bits per heavy atom. The molecular weight excluding hydrogens is 310 g/mol. The fourth-order valence-electron chi connectivity index (χ4n) is 3.16. The molecule has 128 valence electrons. The van der Waals surface area contributed by atoms with E-state index in [0.717, 1.165) is 23.4 Å². The highest BCUT2D eigenvalue weighted by atomic mass is 15.2. The number of nitrogens with two attached hydrogens (primary N) is 1. The van der Waals surface area contributed by atoms with Crippen LogP contribution in [0.4, 0.5) is 5.69 Å². The minimum Gasteiger partial charge on any atom is -0.370 e. The van der Waals surface area contributed by atoms with Crippen molar-refractivity contribution in [2.45, 2.75) is 38.8 Å². The average molecular weight is 333 g/mol. The van der Waals surface area contributed by atoms with E-state index in [1.165, 1.54) is 23.9 Å². The monoisotopic (exact) mass is 333 g/mol. The summed E-state index contributed by atoms with van der Waals surface area (Å²) >= 11 is 0. The van der Waals surface area contributed by atoms with Crippen molar-refractivity contribution in [3.8, 4) is 0 Å². The maximum absolute atomic E-state index is 6.08. The van der Waals surface area contributed by atoms with E-state index in [4.69, 9.17) is 10.7 Å². The van der Waals surface area contributed by atoms with Crippen LogP contribution < -0.4 is 11.1 Å². The summed E-state index contributed by atoms with van der Waals surface area (Å²) in [5, 5.41) is 3.18. The van der Waals surface area contributed by atoms with Gasteiger partial charge in [-0.2, -0.15) is 0 Å². The first kappa shape index (κ1) is 15.7. The summed E-state index contributed by atoms with van der Waals surface area (Å²) in [6, 6.07) is 17.1. The van der Waals surface area contributed by atoms with E-state index in [0.29, 0.717) is 18.5 Å². The van der Waals surface area contributed by atoms with Crippen LogP contribution in [0.5, 0.6) is 0 Å². The number of aryl methyl sites for hydroxylation is 1. The van der Waals surface area contributed by atoms with Gasteiger partial charge in [-0.15, -0.1) is 0 Å². The Balaban J connectivity index is 1.54. The topological polar surface area (TPSA) is 68.2 Å². The summed E-state index contributed by atoms with van der Waals surface area (Å²) in [6.07, 6.45) is 3.43. The summed E-state index contributed by atoms with van der Waals surface area (Å²) in [5.41, 5.74) is 10.5. The van der Waals surface area contributed by atoms with Gasteiger partial charge in [0, 0.05) is 11.7 Å². The highest BCUT2D eigenvalue weighted by Crippen LogP contribution is 2.38. The molecule has 5 heteroatoms. The Hall–Kier alpha value is -2.82. The number of hydrogen-bond donors (Lipinski definition) is 2. The van der Waals surface area contributed by atoms with Gasteiger partial charge in [0.1, 0.15) is 12.4 Å². The van der Waals surface area contributed by atoms with Crippen LogP contribution in [0.1, 0.15) is 37.2 Å². The van der Waals surface area contributed by atoms with Crippen LogP contribution in [0.15, 0.2) is 53.5 Å². The van der Waals surface area contributed by atoms with E-state index in [1.807, 2.05) is 18.2 Å². The first-order valence-electron chi connectivity index (χ1n) is 8.86. The summed E-state index contributed by atoms with van der Waals surface area (Å²) < 4.78 is 2.32. The molecule has 25 heavy (non-hydrogen) atoms. The number of nitrogens with one attached hydrogen (secondary N) is 1. The molecule has 0 atom stereocenters. The van der Waals surface area contributed by atoms with Gasteiger partial charge >= 0.3 is 0 Å². The first-order valence-corrected chi connectivity index (χ1v) is 8.86. The van der Waals surface area contributed by atoms with E-state index in [1.54, 1.807) is 0 Å². The van der Waals surface area contributed by atoms with Gasteiger partial charge in [-0.3, -0.25) is 0 Å². The number of aromatic nitrogens is 2. The van der Waals surface area contributed by atoms with Crippen LogP contribution in [0.25, 0.3) is 11.0 Å². The molecule has 0 bridgehead atoms. The molecule has 1 aromatic heterocycles. The highest BCUT2D eigenvalue weighted by Gasteiger charge is 2.27. The number of rotatable bonds is 5. The van der Waals surface area contributed by atoms with Gasteiger partial charge < -0.3 is 15.6 Å². The van der Waals surface area contributed by atoms with Gasteiger partial charge in [0.2, 0.25) is 0 Å². The predicted molar refractivity (Wildman–Crippen MR) is 103 cm³/mol. The molecule has 1 fully saturated rings. The van der Waals surface area contributed by atoms with Crippen molar-refractivity contribution >= 4 is 22.7 Å². The number of guanidine groups is 1. The van der Waals surface area contributed by atoms with Gasteiger partial charge in [-0.25, -0.2) is 9.98 Å². The third-order valence-corrected chi connectivity index (χ3v) is 4.58. The van der Waals surface area contributed by atoms with Gasteiger partial charge in [0.15, 0.2) is 5.96 Å². The molecule has 4 rings (SSSR count). The lowest BCUT2D eigenvalue weighted by Gasteiger charge is -2.08. The summed E-state index contributed by atoms with van der Waals surface area (Å²) in [7, 11) is 0. The van der Waals surface area contributed by atoms with Crippen LogP contribution >= 0.6 is 0 Å². The van der Waals surface area contributed by atoms with Gasteiger partial charge in [0.25, 0.3) is 0 Å². The Morgan fingerprint density at radius 2 is 2.08 bits per heavy atom. The largest absolute Gasteiger partial charge is 0.370 e. The molecule has 1 aliphatic rings. The van der Waals surface area contributed by atoms with E-state index in [9.17, 15) is 0 Å². The molecule has 0 radical (unpaired) electrons. The molecule has 1 aliphatic carbocycles. The second-order valence-corrected chi connectivity index (χ2v) is 6.50. The lowest BCUT2D eigenvalue weighted by atomic mass is 10.1. The SMILES string of the molecule is CCc1cccc(NC(N)=NCc2nc3ccccc3n2C2CC2)c1. The number of hydrogen-bond acceptors (Lipinski definition) is 2. The highest BCUT2D eigenvalue weighted by molar-refractivity contribution is 5.92. The Kier molecular flexibility index (Phi) is 4.14. The fraction of sp³-hybridized carbons (Fsp3) is 0.300. The average Bonchev–Trinajstić information content (AvgIpc) is 3.40. The maximum atomic E-state index is 6.08. The second-order valence-electron chi connectivity index (χ2n) is 6.50. The lowest BCUT2D eigenvalue weighted by molar-refractivity contribution is 0.702. The molecule has 3 N–H and O–H groups in total. The molecule has 0 amide bonds. The van der Waals surface area contributed by atoms with Crippen molar-refractivity contribution in [3.05, 3.63) is 59.9 Å². The summed E-state index contributed by atoms with van der Waals surface area (Å²) in [5.74, 6) is 1.40. The van der Waals surface area contributed by atoms with Crippen molar-refractivity contribution in [1.29, 1.82) is 0 Å². The number of nitrogens with zero attached hydrogens (tertiary/aromatic N) is 3. The van der Waals surface area contributed by atoms with Crippen molar-refractivity contribution in [2.24, 2.45) is 10.7 Å². The maximum Gasteiger partial charge on any atom is 0.193 e. The number of benzene rings is 2. The summed E-state index contributed by atoms with van der Waals surface area (Å²) in [4.78, 5) is 9.26. The number of aliphatic imine (C=N–C) groups is 1. The van der Waals surface area contributed by atoms with E-state index >= 15 is 0 Å². The molecule has 0 spiro atoms. The summed E-state index contributed by atoms with van der Waals surface area (Å²) in [6.45, 7) is 2.62. The zero-order valence-corrected chi connectivity index (χ0v) is 14.4. The molecule has 3 aromatic rings. The van der Waals surface area contributed by atoms with Gasteiger partial charge in [0.05, 0.1) is 11.0 Å². The van der Waals surface area contributed by atoms with Crippen LogP contribution in [0, 0.1) is 0 Å². The third-order valence-electron chi connectivity index (χ3n) is 4.58. The Morgan fingerprint density at radius 3 is 2.88 bits per heavy atom. The van der Waals surface area contributed by atoms with Gasteiger partial charge in [-0.1, -0.05) is 31.2 Å².